The van der Waals surface area contributed by atoms with E-state index in [4.69, 9.17) is 14.2 Å². The van der Waals surface area contributed by atoms with Gasteiger partial charge in [-0.25, -0.2) is 0 Å². The first-order valence-electron chi connectivity index (χ1n) is 8.33. The van der Waals surface area contributed by atoms with Gasteiger partial charge in [0.05, 0.1) is 18.2 Å². The average Bonchev–Trinajstić information content (AvgIpc) is 3.29. The molecule has 3 aliphatic rings. The largest absolute Gasteiger partial charge is 0.454 e. The molecular formula is C17H24IN3O3. The maximum Gasteiger partial charge on any atom is 0.231 e. The molecule has 2 bridgehead atoms. The second-order valence-electron chi connectivity index (χ2n) is 6.30. The van der Waals surface area contributed by atoms with Crippen molar-refractivity contribution in [1.82, 2.24) is 10.6 Å². The van der Waals surface area contributed by atoms with E-state index in [1.54, 1.807) is 0 Å². The quantitative estimate of drug-likeness (QED) is 0.422. The minimum Gasteiger partial charge on any atom is -0.454 e. The zero-order chi connectivity index (χ0) is 15.6. The molecule has 0 amide bonds. The Bertz CT molecular complexity index is 611. The van der Waals surface area contributed by atoms with Crippen LogP contribution in [0.3, 0.4) is 0 Å². The molecule has 1 aromatic carbocycles. The van der Waals surface area contributed by atoms with Crippen molar-refractivity contribution in [3.05, 3.63) is 23.8 Å². The standard InChI is InChI=1S/C17H23N3O3.HI/c1-18-17(20-13-9-12-3-5-14(13)23-12)19-7-6-11-2-4-15-16(8-11)22-10-21-15;/h2,4,8,12-14H,3,5-7,9-10H2,1H3,(H2,18,19,20);1H. The molecule has 3 atom stereocenters. The van der Waals surface area contributed by atoms with Crippen molar-refractivity contribution < 1.29 is 14.2 Å². The van der Waals surface area contributed by atoms with Gasteiger partial charge in [-0.05, 0) is 43.4 Å². The van der Waals surface area contributed by atoms with E-state index in [1.165, 1.54) is 12.0 Å². The highest BCUT2D eigenvalue weighted by Crippen LogP contribution is 2.34. The van der Waals surface area contributed by atoms with Gasteiger partial charge in [0.25, 0.3) is 0 Å². The fraction of sp³-hybridized carbons (Fsp3) is 0.588. The zero-order valence-electron chi connectivity index (χ0n) is 13.8. The maximum absolute atomic E-state index is 5.88. The third kappa shape index (κ3) is 3.72. The Kier molecular flexibility index (Phi) is 5.70. The highest BCUT2D eigenvalue weighted by Gasteiger charge is 2.41. The molecule has 3 heterocycles. The van der Waals surface area contributed by atoms with Crippen LogP contribution in [0.2, 0.25) is 0 Å². The fourth-order valence-electron chi connectivity index (χ4n) is 3.58. The molecule has 3 unspecified atom stereocenters. The van der Waals surface area contributed by atoms with Crippen molar-refractivity contribution in [2.24, 2.45) is 4.99 Å². The van der Waals surface area contributed by atoms with Crippen molar-refractivity contribution in [2.75, 3.05) is 20.4 Å². The monoisotopic (exact) mass is 445 g/mol. The smallest absolute Gasteiger partial charge is 0.231 e. The predicted molar refractivity (Wildman–Crippen MR) is 102 cm³/mol. The second kappa shape index (κ2) is 7.77. The van der Waals surface area contributed by atoms with E-state index in [2.05, 4.69) is 21.7 Å². The zero-order valence-corrected chi connectivity index (χ0v) is 16.1. The van der Waals surface area contributed by atoms with Crippen molar-refractivity contribution in [3.8, 4) is 11.5 Å². The van der Waals surface area contributed by atoms with Gasteiger partial charge in [0.2, 0.25) is 6.79 Å². The summed E-state index contributed by atoms with van der Waals surface area (Å²) in [6.45, 7) is 1.14. The molecule has 2 N–H and O–H groups in total. The molecule has 2 saturated heterocycles. The Morgan fingerprint density at radius 2 is 2.12 bits per heavy atom. The summed E-state index contributed by atoms with van der Waals surface area (Å²) in [5.74, 6) is 2.52. The molecule has 2 fully saturated rings. The molecule has 0 aliphatic carbocycles. The number of aliphatic imine (C=N–C) groups is 1. The second-order valence-corrected chi connectivity index (χ2v) is 6.30. The van der Waals surface area contributed by atoms with E-state index >= 15 is 0 Å². The number of nitrogens with zero attached hydrogens (tertiary/aromatic N) is 1. The minimum atomic E-state index is 0. The predicted octanol–water partition coefficient (Wildman–Crippen LogP) is 2.06. The Balaban J connectivity index is 0.00000169. The van der Waals surface area contributed by atoms with Crippen LogP contribution in [0.1, 0.15) is 24.8 Å². The third-order valence-corrected chi connectivity index (χ3v) is 4.79. The molecule has 0 radical (unpaired) electrons. The summed E-state index contributed by atoms with van der Waals surface area (Å²) in [6, 6.07) is 6.49. The topological polar surface area (TPSA) is 64.1 Å². The first-order chi connectivity index (χ1) is 11.3. The van der Waals surface area contributed by atoms with Crippen LogP contribution in [0, 0.1) is 0 Å². The lowest BCUT2D eigenvalue weighted by Gasteiger charge is -2.22. The van der Waals surface area contributed by atoms with Crippen LogP contribution < -0.4 is 20.1 Å². The van der Waals surface area contributed by atoms with E-state index in [-0.39, 0.29) is 24.0 Å². The summed E-state index contributed by atoms with van der Waals surface area (Å²) in [5.41, 5.74) is 1.22. The maximum atomic E-state index is 5.88. The van der Waals surface area contributed by atoms with Crippen LogP contribution in [0.5, 0.6) is 11.5 Å². The van der Waals surface area contributed by atoms with Gasteiger partial charge in [-0.3, -0.25) is 4.99 Å². The molecule has 6 nitrogen and oxygen atoms in total. The first kappa shape index (κ1) is 17.6. The Labute approximate surface area is 159 Å². The van der Waals surface area contributed by atoms with Crippen LogP contribution in [-0.4, -0.2) is 44.6 Å². The van der Waals surface area contributed by atoms with Crippen LogP contribution in [0.15, 0.2) is 23.2 Å². The lowest BCUT2D eigenvalue weighted by Crippen LogP contribution is -2.47. The lowest BCUT2D eigenvalue weighted by atomic mass is 9.96. The van der Waals surface area contributed by atoms with E-state index in [1.807, 2.05) is 19.2 Å². The molecular weight excluding hydrogens is 421 g/mol. The number of ether oxygens (including phenoxy) is 3. The van der Waals surface area contributed by atoms with Crippen molar-refractivity contribution in [1.29, 1.82) is 0 Å². The van der Waals surface area contributed by atoms with Gasteiger partial charge >= 0.3 is 0 Å². The number of fused-ring (bicyclic) bond motifs is 3. The van der Waals surface area contributed by atoms with Crippen LogP contribution in [0.25, 0.3) is 0 Å². The SMILES string of the molecule is CN=C(NCCc1ccc2c(c1)OCO2)NC1CC2CCC1O2.I. The number of hydrogen-bond donors (Lipinski definition) is 2. The summed E-state index contributed by atoms with van der Waals surface area (Å²) in [4.78, 5) is 4.32. The Hall–Kier alpha value is -1.22. The van der Waals surface area contributed by atoms with E-state index < -0.39 is 0 Å². The van der Waals surface area contributed by atoms with Crippen LogP contribution in [0.4, 0.5) is 0 Å². The van der Waals surface area contributed by atoms with Gasteiger partial charge in [-0.1, -0.05) is 6.07 Å². The summed E-state index contributed by atoms with van der Waals surface area (Å²) in [7, 11) is 1.81. The normalized spacial score (nSPS) is 27.0. The molecule has 7 heteroatoms. The summed E-state index contributed by atoms with van der Waals surface area (Å²) in [6.07, 6.45) is 5.17. The molecule has 4 rings (SSSR count). The van der Waals surface area contributed by atoms with Gasteiger partial charge in [-0.15, -0.1) is 24.0 Å². The molecule has 0 spiro atoms. The molecule has 3 aliphatic heterocycles. The molecule has 132 valence electrons. The lowest BCUT2D eigenvalue weighted by molar-refractivity contribution is 0.0992. The van der Waals surface area contributed by atoms with Crippen LogP contribution >= 0.6 is 24.0 Å². The number of halogens is 1. The van der Waals surface area contributed by atoms with Crippen molar-refractivity contribution in [2.45, 2.75) is 43.9 Å². The summed E-state index contributed by atoms with van der Waals surface area (Å²) in [5, 5.41) is 6.88. The van der Waals surface area contributed by atoms with Crippen molar-refractivity contribution >= 4 is 29.9 Å². The molecule has 24 heavy (non-hydrogen) atoms. The number of guanidine groups is 1. The van der Waals surface area contributed by atoms with E-state index in [0.717, 1.165) is 43.3 Å². The van der Waals surface area contributed by atoms with E-state index in [0.29, 0.717) is 25.0 Å². The molecule has 0 saturated carbocycles. The number of rotatable bonds is 4. The van der Waals surface area contributed by atoms with Crippen molar-refractivity contribution in [3.63, 3.8) is 0 Å². The summed E-state index contributed by atoms with van der Waals surface area (Å²) < 4.78 is 16.6. The van der Waals surface area contributed by atoms with Gasteiger partial charge in [0.15, 0.2) is 17.5 Å². The number of hydrogen-bond acceptors (Lipinski definition) is 4. The van der Waals surface area contributed by atoms with Gasteiger partial charge in [-0.2, -0.15) is 0 Å². The van der Waals surface area contributed by atoms with E-state index in [9.17, 15) is 0 Å². The average molecular weight is 445 g/mol. The number of benzene rings is 1. The Morgan fingerprint density at radius 3 is 2.88 bits per heavy atom. The number of nitrogens with one attached hydrogen (secondary N) is 2. The molecule has 1 aromatic rings. The fourth-order valence-corrected chi connectivity index (χ4v) is 3.58. The van der Waals surface area contributed by atoms with Gasteiger partial charge in [0, 0.05) is 13.6 Å². The highest BCUT2D eigenvalue weighted by molar-refractivity contribution is 14.0. The first-order valence-corrected chi connectivity index (χ1v) is 8.33. The molecule has 0 aromatic heterocycles. The van der Waals surface area contributed by atoms with Gasteiger partial charge in [0.1, 0.15) is 0 Å². The third-order valence-electron chi connectivity index (χ3n) is 4.79. The highest BCUT2D eigenvalue weighted by atomic mass is 127. The Morgan fingerprint density at radius 1 is 1.25 bits per heavy atom. The summed E-state index contributed by atoms with van der Waals surface area (Å²) >= 11 is 0. The minimum absolute atomic E-state index is 0. The van der Waals surface area contributed by atoms with Gasteiger partial charge < -0.3 is 24.8 Å². The van der Waals surface area contributed by atoms with Crippen LogP contribution in [-0.2, 0) is 11.2 Å².